The standard InChI is InChI=1S/C20H33NO3/c1-4-6-8-9-11-12-16(3)14-17(22)15-19-21-20(23)18(24-19)13-10-7-5-2/h14-15,18H,4-13H2,1-3H3,(H,21,23)/b16-14+,19-15?. The molecule has 1 amide bonds. The Hall–Kier alpha value is -1.58. The molecule has 1 aliphatic rings. The van der Waals surface area contributed by atoms with E-state index in [0.29, 0.717) is 12.3 Å². The van der Waals surface area contributed by atoms with Crippen LogP contribution in [0.5, 0.6) is 0 Å². The van der Waals surface area contributed by atoms with Crippen LogP contribution in [-0.2, 0) is 14.3 Å². The van der Waals surface area contributed by atoms with Gasteiger partial charge in [0.1, 0.15) is 0 Å². The van der Waals surface area contributed by atoms with E-state index in [1.54, 1.807) is 6.08 Å². The van der Waals surface area contributed by atoms with Crippen LogP contribution in [0.2, 0.25) is 0 Å². The lowest BCUT2D eigenvalue weighted by Crippen LogP contribution is -2.22. The first-order valence-corrected chi connectivity index (χ1v) is 9.47. The maximum atomic E-state index is 12.0. The van der Waals surface area contributed by atoms with Gasteiger partial charge in [0.15, 0.2) is 17.8 Å². The average molecular weight is 335 g/mol. The topological polar surface area (TPSA) is 55.4 Å². The predicted molar refractivity (Wildman–Crippen MR) is 97.4 cm³/mol. The number of rotatable bonds is 12. The van der Waals surface area contributed by atoms with Gasteiger partial charge in [-0.15, -0.1) is 0 Å². The molecule has 0 bridgehead atoms. The summed E-state index contributed by atoms with van der Waals surface area (Å²) >= 11 is 0. The van der Waals surface area contributed by atoms with Crippen LogP contribution in [0.4, 0.5) is 0 Å². The Morgan fingerprint density at radius 3 is 2.46 bits per heavy atom. The second-order valence-corrected chi connectivity index (χ2v) is 6.66. The lowest BCUT2D eigenvalue weighted by atomic mass is 10.1. The summed E-state index contributed by atoms with van der Waals surface area (Å²) in [6.45, 7) is 6.31. The van der Waals surface area contributed by atoms with Crippen LogP contribution in [0.15, 0.2) is 23.6 Å². The van der Waals surface area contributed by atoms with Crippen molar-refractivity contribution in [1.82, 2.24) is 5.32 Å². The Labute approximate surface area is 146 Å². The number of unbranched alkanes of at least 4 members (excludes halogenated alkanes) is 6. The van der Waals surface area contributed by atoms with E-state index in [2.05, 4.69) is 19.2 Å². The van der Waals surface area contributed by atoms with Crippen molar-refractivity contribution in [3.8, 4) is 0 Å². The maximum absolute atomic E-state index is 12.0. The number of carbonyl (C=O) groups is 2. The molecule has 0 radical (unpaired) electrons. The first kappa shape index (κ1) is 20.5. The summed E-state index contributed by atoms with van der Waals surface area (Å²) in [4.78, 5) is 23.8. The van der Waals surface area contributed by atoms with E-state index >= 15 is 0 Å². The molecule has 0 aromatic carbocycles. The number of nitrogens with one attached hydrogen (secondary N) is 1. The fourth-order valence-electron chi connectivity index (χ4n) is 2.77. The summed E-state index contributed by atoms with van der Waals surface area (Å²) in [5.41, 5.74) is 1.08. The molecule has 0 aromatic heterocycles. The summed E-state index contributed by atoms with van der Waals surface area (Å²) in [6, 6.07) is 0. The van der Waals surface area contributed by atoms with Gasteiger partial charge in [0.25, 0.3) is 5.91 Å². The zero-order valence-electron chi connectivity index (χ0n) is 15.5. The Balaban J connectivity index is 2.38. The minimum Gasteiger partial charge on any atom is -0.465 e. The third-order valence-electron chi connectivity index (χ3n) is 4.21. The lowest BCUT2D eigenvalue weighted by molar-refractivity contribution is -0.123. The summed E-state index contributed by atoms with van der Waals surface area (Å²) in [7, 11) is 0. The lowest BCUT2D eigenvalue weighted by Gasteiger charge is -2.06. The van der Waals surface area contributed by atoms with E-state index in [1.165, 1.54) is 31.8 Å². The molecule has 4 nitrogen and oxygen atoms in total. The molecular formula is C20H33NO3. The van der Waals surface area contributed by atoms with Crippen LogP contribution in [0, 0.1) is 0 Å². The molecule has 0 saturated carbocycles. The number of ketones is 1. The SMILES string of the molecule is CCCCCCC/C(C)=C/C(=O)C=C1NC(=O)C(CCCCC)O1. The van der Waals surface area contributed by atoms with E-state index in [4.69, 9.17) is 4.74 Å². The number of hydrogen-bond acceptors (Lipinski definition) is 3. The second kappa shape index (κ2) is 11.9. The highest BCUT2D eigenvalue weighted by Gasteiger charge is 2.29. The van der Waals surface area contributed by atoms with E-state index in [0.717, 1.165) is 37.7 Å². The summed E-state index contributed by atoms with van der Waals surface area (Å²) in [5, 5.41) is 2.65. The van der Waals surface area contributed by atoms with Gasteiger partial charge in [-0.05, 0) is 38.7 Å². The van der Waals surface area contributed by atoms with Gasteiger partial charge in [-0.25, -0.2) is 0 Å². The molecule has 1 atom stereocenters. The molecule has 0 spiro atoms. The Morgan fingerprint density at radius 1 is 1.08 bits per heavy atom. The van der Waals surface area contributed by atoms with Gasteiger partial charge in [-0.2, -0.15) is 0 Å². The highest BCUT2D eigenvalue weighted by atomic mass is 16.5. The number of carbonyl (C=O) groups excluding carboxylic acids is 2. The third kappa shape index (κ3) is 8.32. The Kier molecular flexibility index (Phi) is 10.1. The number of ether oxygens (including phenoxy) is 1. The van der Waals surface area contributed by atoms with Crippen molar-refractivity contribution in [2.45, 2.75) is 91.1 Å². The molecule has 136 valence electrons. The van der Waals surface area contributed by atoms with Gasteiger partial charge in [0, 0.05) is 6.08 Å². The summed E-state index contributed by atoms with van der Waals surface area (Å²) in [6.07, 6.45) is 13.5. The first-order valence-electron chi connectivity index (χ1n) is 9.47. The zero-order valence-corrected chi connectivity index (χ0v) is 15.5. The van der Waals surface area contributed by atoms with E-state index in [-0.39, 0.29) is 11.7 Å². The summed E-state index contributed by atoms with van der Waals surface area (Å²) in [5.74, 6) is 0.0332. The molecule has 1 heterocycles. The molecule has 1 rings (SSSR count). The highest BCUT2D eigenvalue weighted by Crippen LogP contribution is 2.17. The number of amides is 1. The number of allylic oxidation sites excluding steroid dienone is 3. The molecule has 1 N–H and O–H groups in total. The van der Waals surface area contributed by atoms with Gasteiger partial charge in [0.05, 0.1) is 0 Å². The minimum absolute atomic E-state index is 0.120. The van der Waals surface area contributed by atoms with E-state index in [9.17, 15) is 9.59 Å². The van der Waals surface area contributed by atoms with Gasteiger partial charge in [-0.3, -0.25) is 14.9 Å². The molecular weight excluding hydrogens is 302 g/mol. The molecule has 4 heteroatoms. The van der Waals surface area contributed by atoms with Crippen LogP contribution in [0.3, 0.4) is 0 Å². The third-order valence-corrected chi connectivity index (χ3v) is 4.21. The minimum atomic E-state index is -0.445. The van der Waals surface area contributed by atoms with Gasteiger partial charge in [0.2, 0.25) is 0 Å². The molecule has 0 aliphatic carbocycles. The van der Waals surface area contributed by atoms with Crippen LogP contribution < -0.4 is 5.32 Å². The quantitative estimate of drug-likeness (QED) is 0.412. The monoisotopic (exact) mass is 335 g/mol. The normalized spacial score (nSPS) is 19.5. The van der Waals surface area contributed by atoms with Gasteiger partial charge in [-0.1, -0.05) is 57.9 Å². The van der Waals surface area contributed by atoms with Crippen LogP contribution in [0.1, 0.15) is 85.0 Å². The van der Waals surface area contributed by atoms with Gasteiger partial charge < -0.3 is 4.74 Å². The van der Waals surface area contributed by atoms with Crippen LogP contribution in [0.25, 0.3) is 0 Å². The molecule has 1 unspecified atom stereocenters. The van der Waals surface area contributed by atoms with Crippen molar-refractivity contribution in [1.29, 1.82) is 0 Å². The second-order valence-electron chi connectivity index (χ2n) is 6.66. The fraction of sp³-hybridized carbons (Fsp3) is 0.700. The first-order chi connectivity index (χ1) is 11.6. The molecule has 24 heavy (non-hydrogen) atoms. The molecule has 1 saturated heterocycles. The Morgan fingerprint density at radius 2 is 1.75 bits per heavy atom. The largest absolute Gasteiger partial charge is 0.465 e. The predicted octanol–water partition coefficient (Wildman–Crippen LogP) is 4.80. The van der Waals surface area contributed by atoms with Crippen molar-refractivity contribution < 1.29 is 14.3 Å². The Bertz CT molecular complexity index is 466. The molecule has 1 fully saturated rings. The number of hydrogen-bond donors (Lipinski definition) is 1. The molecule has 0 aromatic rings. The van der Waals surface area contributed by atoms with Crippen molar-refractivity contribution in [2.24, 2.45) is 0 Å². The zero-order chi connectivity index (χ0) is 17.8. The van der Waals surface area contributed by atoms with Crippen LogP contribution in [-0.4, -0.2) is 17.8 Å². The van der Waals surface area contributed by atoms with Crippen LogP contribution >= 0.6 is 0 Å². The van der Waals surface area contributed by atoms with E-state index in [1.807, 2.05) is 6.92 Å². The maximum Gasteiger partial charge on any atom is 0.267 e. The van der Waals surface area contributed by atoms with Crippen molar-refractivity contribution in [2.75, 3.05) is 0 Å². The van der Waals surface area contributed by atoms with Crippen molar-refractivity contribution >= 4 is 11.7 Å². The highest BCUT2D eigenvalue weighted by molar-refractivity contribution is 6.00. The summed E-state index contributed by atoms with van der Waals surface area (Å²) < 4.78 is 5.55. The van der Waals surface area contributed by atoms with E-state index < -0.39 is 6.10 Å². The smallest absolute Gasteiger partial charge is 0.267 e. The molecule has 1 aliphatic heterocycles. The van der Waals surface area contributed by atoms with Crippen molar-refractivity contribution in [3.63, 3.8) is 0 Å². The average Bonchev–Trinajstić information content (AvgIpc) is 2.86. The van der Waals surface area contributed by atoms with Gasteiger partial charge >= 0.3 is 0 Å². The fourth-order valence-corrected chi connectivity index (χ4v) is 2.77. The van der Waals surface area contributed by atoms with Crippen molar-refractivity contribution in [3.05, 3.63) is 23.6 Å².